The highest BCUT2D eigenvalue weighted by Gasteiger charge is 2.44. The van der Waals surface area contributed by atoms with Crippen LogP contribution in [0, 0.1) is 17.6 Å². The summed E-state index contributed by atoms with van der Waals surface area (Å²) in [5.74, 6) is -3.84. The second-order valence-electron chi connectivity index (χ2n) is 10.5. The fourth-order valence-electron chi connectivity index (χ4n) is 5.86. The number of halogens is 5. The molecule has 218 valence electrons. The van der Waals surface area contributed by atoms with Crippen LogP contribution in [0.4, 0.5) is 17.6 Å². The Morgan fingerprint density at radius 2 is 1.83 bits per heavy atom. The second kappa shape index (κ2) is 11.9. The summed E-state index contributed by atoms with van der Waals surface area (Å²) in [4.78, 5) is 12.3. The highest BCUT2D eigenvalue weighted by Crippen LogP contribution is 2.50. The molecule has 4 N–H and O–H groups in total. The molecular weight excluding hydrogens is 564 g/mol. The van der Waals surface area contributed by atoms with E-state index in [1.165, 1.54) is 0 Å². The monoisotopic (exact) mass is 592 g/mol. The Balaban J connectivity index is 1.60. The molecule has 0 spiro atoms. The number of aliphatic hydroxyl groups excluding tert-OH is 1. The molecule has 3 aromatic rings. The maximum atomic E-state index is 15.8. The van der Waals surface area contributed by atoms with Crippen molar-refractivity contribution in [2.45, 2.75) is 50.4 Å². The first-order chi connectivity index (χ1) is 19.6. The van der Waals surface area contributed by atoms with Crippen molar-refractivity contribution >= 4 is 17.5 Å². The van der Waals surface area contributed by atoms with E-state index < -0.39 is 46.1 Å². The van der Waals surface area contributed by atoms with E-state index in [0.717, 1.165) is 49.4 Å². The molecule has 1 aliphatic carbocycles. The molecule has 3 aromatic carbocycles. The molecule has 0 aromatic heterocycles. The Bertz CT molecular complexity index is 1430. The number of carbonyl (C=O) groups excluding carboxylic acids is 1. The Kier molecular flexibility index (Phi) is 8.45. The van der Waals surface area contributed by atoms with Gasteiger partial charge in [0.15, 0.2) is 17.2 Å². The van der Waals surface area contributed by atoms with Gasteiger partial charge in [0.2, 0.25) is 5.91 Å². The minimum atomic E-state index is -3.35. The van der Waals surface area contributed by atoms with E-state index in [9.17, 15) is 18.7 Å². The number of nitrogens with two attached hydrogens (primary N) is 1. The molecular formula is C30H29ClF4N2O4. The Labute approximate surface area is 239 Å². The van der Waals surface area contributed by atoms with E-state index in [2.05, 4.69) is 10.1 Å². The number of hydrogen-bond donors (Lipinski definition) is 3. The Morgan fingerprint density at radius 3 is 2.46 bits per heavy atom. The van der Waals surface area contributed by atoms with Crippen LogP contribution in [-0.4, -0.2) is 36.8 Å². The van der Waals surface area contributed by atoms with Crippen molar-refractivity contribution in [2.75, 3.05) is 13.2 Å². The first-order valence-electron chi connectivity index (χ1n) is 13.3. The number of benzene rings is 3. The topological polar surface area (TPSA) is 93.8 Å². The molecule has 1 saturated carbocycles. The zero-order chi connectivity index (χ0) is 29.3. The Hall–Kier alpha value is -3.34. The van der Waals surface area contributed by atoms with Crippen molar-refractivity contribution in [1.82, 2.24) is 5.32 Å². The quantitative estimate of drug-likeness (QED) is 0.267. The van der Waals surface area contributed by atoms with Gasteiger partial charge in [-0.25, -0.2) is 8.78 Å². The van der Waals surface area contributed by atoms with Crippen LogP contribution in [-0.2, 0) is 12.0 Å². The van der Waals surface area contributed by atoms with Crippen molar-refractivity contribution in [3.05, 3.63) is 81.9 Å². The summed E-state index contributed by atoms with van der Waals surface area (Å²) >= 11 is 6.41. The summed E-state index contributed by atoms with van der Waals surface area (Å²) < 4.78 is 67.8. The molecule has 2 aliphatic rings. The zero-order valence-corrected chi connectivity index (χ0v) is 22.7. The van der Waals surface area contributed by atoms with Gasteiger partial charge in [0.25, 0.3) is 0 Å². The van der Waals surface area contributed by atoms with Gasteiger partial charge < -0.3 is 25.6 Å². The average molecular weight is 593 g/mol. The average Bonchev–Trinajstić information content (AvgIpc) is 3.33. The number of amides is 1. The lowest BCUT2D eigenvalue weighted by Gasteiger charge is -2.34. The van der Waals surface area contributed by atoms with Crippen LogP contribution in [0.25, 0.3) is 11.1 Å². The molecule has 6 nitrogen and oxygen atoms in total. The molecule has 41 heavy (non-hydrogen) atoms. The van der Waals surface area contributed by atoms with E-state index in [1.54, 1.807) is 0 Å². The van der Waals surface area contributed by atoms with Crippen LogP contribution < -0.4 is 20.5 Å². The summed E-state index contributed by atoms with van der Waals surface area (Å²) in [6.07, 6.45) is 3.57. The molecule has 0 saturated heterocycles. The van der Waals surface area contributed by atoms with Crippen molar-refractivity contribution in [1.29, 1.82) is 0 Å². The van der Waals surface area contributed by atoms with Gasteiger partial charge in [0.1, 0.15) is 11.6 Å². The Morgan fingerprint density at radius 1 is 1.12 bits per heavy atom. The van der Waals surface area contributed by atoms with Crippen LogP contribution in [0.1, 0.15) is 47.2 Å². The second-order valence-corrected chi connectivity index (χ2v) is 10.9. The van der Waals surface area contributed by atoms with Crippen molar-refractivity contribution in [3.8, 4) is 22.6 Å². The predicted molar refractivity (Wildman–Crippen MR) is 145 cm³/mol. The highest BCUT2D eigenvalue weighted by atomic mass is 35.5. The van der Waals surface area contributed by atoms with Gasteiger partial charge in [-0.2, -0.15) is 8.78 Å². The fourth-order valence-corrected chi connectivity index (χ4v) is 6.12. The number of carbonyl (C=O) groups is 1. The molecule has 11 heteroatoms. The number of hydrogen-bond acceptors (Lipinski definition) is 5. The molecule has 1 fully saturated rings. The largest absolute Gasteiger partial charge is 0.480 e. The van der Waals surface area contributed by atoms with Gasteiger partial charge in [-0.05, 0) is 49.3 Å². The number of alkyl halides is 2. The number of fused-ring (bicyclic) bond motifs is 1. The zero-order valence-electron chi connectivity index (χ0n) is 21.9. The van der Waals surface area contributed by atoms with Gasteiger partial charge in [-0.3, -0.25) is 4.79 Å². The SMILES string of the molecule is NC(=O)c1ccc(OC(F)F)c(F)c1-c1c(Cl)c(F)cc2c1CC(CNC1CCC(CO)CC1)(c1ccccc1)O2. The number of nitrogens with one attached hydrogen (secondary N) is 1. The molecule has 0 radical (unpaired) electrons. The normalized spacial score (nSPS) is 21.9. The molecule has 1 heterocycles. The smallest absolute Gasteiger partial charge is 0.387 e. The van der Waals surface area contributed by atoms with E-state index in [4.69, 9.17) is 22.1 Å². The number of ether oxygens (including phenoxy) is 2. The standard InChI is InChI=1S/C30H29ClF4N2O4/c31-26-21(32)12-23-20(24(26)25-19(28(36)39)10-11-22(27(25)33)40-29(34)35)13-30(41-23,17-4-2-1-3-5-17)15-37-18-8-6-16(14-38)7-9-18/h1-5,10-12,16,18,29,37-38H,6-9,13-15H2,(H2,36,39). The highest BCUT2D eigenvalue weighted by molar-refractivity contribution is 6.34. The van der Waals surface area contributed by atoms with E-state index in [0.29, 0.717) is 12.1 Å². The predicted octanol–water partition coefficient (Wildman–Crippen LogP) is 5.96. The van der Waals surface area contributed by atoms with Crippen LogP contribution >= 0.6 is 11.6 Å². The van der Waals surface area contributed by atoms with E-state index in [-0.39, 0.29) is 41.9 Å². The summed E-state index contributed by atoms with van der Waals surface area (Å²) in [6.45, 7) is -2.89. The lowest BCUT2D eigenvalue weighted by molar-refractivity contribution is -0.0521. The first-order valence-corrected chi connectivity index (χ1v) is 13.7. The van der Waals surface area contributed by atoms with Gasteiger partial charge in [-0.15, -0.1) is 0 Å². The van der Waals surface area contributed by atoms with E-state index in [1.807, 2.05) is 30.3 Å². The maximum Gasteiger partial charge on any atom is 0.387 e. The summed E-state index contributed by atoms with van der Waals surface area (Å²) in [5.41, 5.74) is 4.37. The van der Waals surface area contributed by atoms with Gasteiger partial charge in [0, 0.05) is 48.4 Å². The van der Waals surface area contributed by atoms with Crippen molar-refractivity contribution in [3.63, 3.8) is 0 Å². The third-order valence-electron chi connectivity index (χ3n) is 7.97. The van der Waals surface area contributed by atoms with Crippen molar-refractivity contribution < 1.29 is 36.9 Å². The van der Waals surface area contributed by atoms with Gasteiger partial charge in [-0.1, -0.05) is 41.9 Å². The number of rotatable bonds is 9. The van der Waals surface area contributed by atoms with Gasteiger partial charge in [0.05, 0.1) is 10.6 Å². The summed E-state index contributed by atoms with van der Waals surface area (Å²) in [6, 6.07) is 12.4. The van der Waals surface area contributed by atoms with Gasteiger partial charge >= 0.3 is 6.61 Å². The molecule has 0 bridgehead atoms. The molecule has 1 aliphatic heterocycles. The third kappa shape index (κ3) is 5.73. The van der Waals surface area contributed by atoms with Crippen LogP contribution in [0.3, 0.4) is 0 Å². The van der Waals surface area contributed by atoms with Crippen LogP contribution in [0.5, 0.6) is 11.5 Å². The number of aliphatic hydroxyl groups is 1. The maximum absolute atomic E-state index is 15.8. The lowest BCUT2D eigenvalue weighted by Crippen LogP contribution is -2.46. The van der Waals surface area contributed by atoms with Crippen LogP contribution in [0.15, 0.2) is 48.5 Å². The summed E-state index contributed by atoms with van der Waals surface area (Å²) in [7, 11) is 0. The molecule has 1 atom stereocenters. The molecule has 1 amide bonds. The summed E-state index contributed by atoms with van der Waals surface area (Å²) in [5, 5.41) is 12.5. The van der Waals surface area contributed by atoms with Crippen LogP contribution in [0.2, 0.25) is 5.02 Å². The lowest BCUT2D eigenvalue weighted by atomic mass is 9.83. The fraction of sp³-hybridized carbons (Fsp3) is 0.367. The van der Waals surface area contributed by atoms with E-state index >= 15 is 8.78 Å². The third-order valence-corrected chi connectivity index (χ3v) is 8.34. The van der Waals surface area contributed by atoms with Crippen molar-refractivity contribution in [2.24, 2.45) is 11.7 Å². The molecule has 1 unspecified atom stereocenters. The first kappa shape index (κ1) is 29.2. The minimum Gasteiger partial charge on any atom is -0.480 e. The number of primary amides is 1. The minimum absolute atomic E-state index is 0.0755. The molecule has 5 rings (SSSR count).